The molecular weight excluding hydrogens is 124 g/mol. The number of nitrogens with one attached hydrogen (secondary N) is 1. The highest BCUT2D eigenvalue weighted by molar-refractivity contribution is 7.96. The van der Waals surface area contributed by atoms with Gasteiger partial charge < -0.3 is 5.73 Å². The minimum absolute atomic E-state index is 0.327. The summed E-state index contributed by atoms with van der Waals surface area (Å²) in [7, 11) is 0. The van der Waals surface area contributed by atoms with Crippen LogP contribution in [0.4, 0.5) is 0 Å². The molecule has 0 aromatic heterocycles. The van der Waals surface area contributed by atoms with Gasteiger partial charge >= 0.3 is 0 Å². The third-order valence-corrected chi connectivity index (χ3v) is 0.968. The van der Waals surface area contributed by atoms with Crippen molar-refractivity contribution in [2.45, 2.75) is 13.1 Å². The Morgan fingerprint density at radius 3 is 2.62 bits per heavy atom. The van der Waals surface area contributed by atoms with E-state index in [2.05, 4.69) is 17.9 Å². The van der Waals surface area contributed by atoms with Gasteiger partial charge in [-0.3, -0.25) is 10.1 Å². The molecule has 0 heterocycles. The summed E-state index contributed by atoms with van der Waals surface area (Å²) in [6, 6.07) is 0. The van der Waals surface area contributed by atoms with Gasteiger partial charge in [-0.2, -0.15) is 0 Å². The summed E-state index contributed by atoms with van der Waals surface area (Å²) in [5.41, 5.74) is 5.19. The van der Waals surface area contributed by atoms with Crippen LogP contribution in [0.5, 0.6) is 0 Å². The zero-order valence-electron chi connectivity index (χ0n) is 4.72. The van der Waals surface area contributed by atoms with Crippen molar-refractivity contribution in [2.24, 2.45) is 5.73 Å². The van der Waals surface area contributed by atoms with Crippen LogP contribution in [0, 0.1) is 0 Å². The Morgan fingerprint density at radius 2 is 2.50 bits per heavy atom. The molecule has 4 heteroatoms. The second kappa shape index (κ2) is 3.88. The molecule has 0 saturated heterocycles. The smallest absolute Gasteiger partial charge is 0.217 e. The number of hydrogen-bond acceptors (Lipinski definition) is 3. The first-order chi connectivity index (χ1) is 3.68. The lowest BCUT2D eigenvalue weighted by molar-refractivity contribution is -0.112. The van der Waals surface area contributed by atoms with Crippen LogP contribution in [0.3, 0.4) is 0 Å². The first kappa shape index (κ1) is 7.94. The van der Waals surface area contributed by atoms with Crippen molar-refractivity contribution in [3.63, 3.8) is 0 Å². The van der Waals surface area contributed by atoms with E-state index in [1.165, 1.54) is 0 Å². The SMILES string of the molecule is CCNC(N)C(=O)S. The van der Waals surface area contributed by atoms with Crippen LogP contribution in [0.15, 0.2) is 0 Å². The third kappa shape index (κ3) is 3.01. The fourth-order valence-electron chi connectivity index (χ4n) is 0.307. The maximum atomic E-state index is 10.2. The molecule has 3 N–H and O–H groups in total. The van der Waals surface area contributed by atoms with Gasteiger partial charge in [0.2, 0.25) is 5.12 Å². The standard InChI is InChI=1S/C4H10N2OS/c1-2-6-3(5)4(7)8/h3,6H,2,5H2,1H3,(H,7,8). The van der Waals surface area contributed by atoms with Crippen molar-refractivity contribution in [2.75, 3.05) is 6.54 Å². The highest BCUT2D eigenvalue weighted by Gasteiger charge is 2.03. The van der Waals surface area contributed by atoms with Gasteiger partial charge in [0.05, 0.1) is 0 Å². The van der Waals surface area contributed by atoms with Gasteiger partial charge in [-0.1, -0.05) is 6.92 Å². The van der Waals surface area contributed by atoms with Crippen LogP contribution >= 0.6 is 12.6 Å². The van der Waals surface area contributed by atoms with Crippen molar-refractivity contribution in [1.29, 1.82) is 0 Å². The second-order valence-electron chi connectivity index (χ2n) is 1.37. The first-order valence-corrected chi connectivity index (χ1v) is 2.85. The Labute approximate surface area is 54.0 Å². The molecule has 3 nitrogen and oxygen atoms in total. The summed E-state index contributed by atoms with van der Waals surface area (Å²) in [6.45, 7) is 2.56. The van der Waals surface area contributed by atoms with Crippen LogP contribution in [-0.2, 0) is 4.79 Å². The van der Waals surface area contributed by atoms with E-state index < -0.39 is 6.17 Å². The average molecular weight is 134 g/mol. The molecule has 0 aromatic rings. The molecule has 0 rings (SSSR count). The van der Waals surface area contributed by atoms with Gasteiger partial charge in [-0.15, -0.1) is 12.6 Å². The number of carbonyl (C=O) groups is 1. The molecule has 0 bridgehead atoms. The molecule has 1 atom stereocenters. The maximum absolute atomic E-state index is 10.2. The topological polar surface area (TPSA) is 55.1 Å². The summed E-state index contributed by atoms with van der Waals surface area (Å²) in [5.74, 6) is 0. The van der Waals surface area contributed by atoms with Gasteiger partial charge in [0.15, 0.2) is 0 Å². The normalized spacial score (nSPS) is 13.4. The quantitative estimate of drug-likeness (QED) is 0.355. The molecular formula is C4H10N2OS. The summed E-state index contributed by atoms with van der Waals surface area (Å²) in [6.07, 6.45) is -0.608. The predicted molar refractivity (Wildman–Crippen MR) is 35.6 cm³/mol. The Hall–Kier alpha value is -0.0600. The zero-order valence-corrected chi connectivity index (χ0v) is 5.61. The Kier molecular flexibility index (Phi) is 3.85. The lowest BCUT2D eigenvalue weighted by Crippen LogP contribution is -2.41. The van der Waals surface area contributed by atoms with Crippen LogP contribution in [-0.4, -0.2) is 17.8 Å². The fourth-order valence-corrected chi connectivity index (χ4v) is 0.399. The molecule has 8 heavy (non-hydrogen) atoms. The van der Waals surface area contributed by atoms with Gasteiger partial charge in [0, 0.05) is 0 Å². The van der Waals surface area contributed by atoms with Crippen molar-refractivity contribution in [3.05, 3.63) is 0 Å². The first-order valence-electron chi connectivity index (χ1n) is 2.40. The molecule has 0 radical (unpaired) electrons. The highest BCUT2D eigenvalue weighted by atomic mass is 32.1. The molecule has 1 unspecified atom stereocenters. The van der Waals surface area contributed by atoms with Crippen LogP contribution in [0.2, 0.25) is 0 Å². The summed E-state index contributed by atoms with van der Waals surface area (Å²) in [5, 5.41) is 2.37. The van der Waals surface area contributed by atoms with E-state index in [-0.39, 0.29) is 5.12 Å². The van der Waals surface area contributed by atoms with Crippen LogP contribution in [0.1, 0.15) is 6.92 Å². The van der Waals surface area contributed by atoms with Crippen LogP contribution < -0.4 is 11.1 Å². The molecule has 0 fully saturated rings. The second-order valence-corrected chi connectivity index (χ2v) is 1.81. The van der Waals surface area contributed by atoms with E-state index >= 15 is 0 Å². The lowest BCUT2D eigenvalue weighted by Gasteiger charge is -2.04. The van der Waals surface area contributed by atoms with Gasteiger partial charge in [0.1, 0.15) is 6.17 Å². The summed E-state index contributed by atoms with van der Waals surface area (Å²) >= 11 is 3.50. The number of likely N-dealkylation sites (N-methyl/N-ethyl adjacent to an activating group) is 1. The number of carbonyl (C=O) groups excluding carboxylic acids is 1. The Bertz CT molecular complexity index is 86.1. The summed E-state index contributed by atoms with van der Waals surface area (Å²) < 4.78 is 0. The molecule has 0 aromatic carbocycles. The molecule has 48 valence electrons. The minimum Gasteiger partial charge on any atom is -0.309 e. The highest BCUT2D eigenvalue weighted by Crippen LogP contribution is 1.79. The Balaban J connectivity index is 3.32. The van der Waals surface area contributed by atoms with E-state index in [4.69, 9.17) is 5.73 Å². The van der Waals surface area contributed by atoms with Crippen molar-refractivity contribution in [3.8, 4) is 0 Å². The number of nitrogens with two attached hydrogens (primary N) is 1. The van der Waals surface area contributed by atoms with Crippen molar-refractivity contribution in [1.82, 2.24) is 5.32 Å². The molecule has 0 saturated carbocycles. The monoisotopic (exact) mass is 134 g/mol. The van der Waals surface area contributed by atoms with E-state index in [1.807, 2.05) is 6.92 Å². The number of hydrogen-bond donors (Lipinski definition) is 3. The Morgan fingerprint density at radius 1 is 2.00 bits per heavy atom. The third-order valence-electron chi connectivity index (χ3n) is 0.690. The van der Waals surface area contributed by atoms with Gasteiger partial charge in [-0.25, -0.2) is 0 Å². The molecule has 0 aliphatic carbocycles. The number of thiol groups is 1. The van der Waals surface area contributed by atoms with E-state index in [0.29, 0.717) is 6.54 Å². The van der Waals surface area contributed by atoms with Gasteiger partial charge in [0.25, 0.3) is 0 Å². The fraction of sp³-hybridized carbons (Fsp3) is 0.750. The lowest BCUT2D eigenvalue weighted by atomic mass is 10.5. The zero-order chi connectivity index (χ0) is 6.57. The van der Waals surface area contributed by atoms with Crippen molar-refractivity contribution >= 4 is 17.7 Å². The van der Waals surface area contributed by atoms with Gasteiger partial charge in [-0.05, 0) is 6.54 Å². The molecule has 0 aliphatic heterocycles. The average Bonchev–Trinajstić information content (AvgIpc) is 1.67. The van der Waals surface area contributed by atoms with E-state index in [9.17, 15) is 4.79 Å². The largest absolute Gasteiger partial charge is 0.309 e. The minimum atomic E-state index is -0.608. The number of rotatable bonds is 3. The predicted octanol–water partition coefficient (Wildman–Crippen LogP) is -0.663. The van der Waals surface area contributed by atoms with E-state index in [1.54, 1.807) is 0 Å². The van der Waals surface area contributed by atoms with E-state index in [0.717, 1.165) is 0 Å². The summed E-state index contributed by atoms with van der Waals surface area (Å²) in [4.78, 5) is 10.2. The maximum Gasteiger partial charge on any atom is 0.217 e. The molecule has 0 spiro atoms. The van der Waals surface area contributed by atoms with Crippen LogP contribution in [0.25, 0.3) is 0 Å². The van der Waals surface area contributed by atoms with Crippen molar-refractivity contribution < 1.29 is 4.79 Å². The molecule has 0 aliphatic rings. The molecule has 0 amide bonds.